The van der Waals surface area contributed by atoms with Gasteiger partial charge in [0.1, 0.15) is 11.6 Å². The van der Waals surface area contributed by atoms with Crippen LogP contribution in [0.4, 0.5) is 5.82 Å². The van der Waals surface area contributed by atoms with E-state index in [0.717, 1.165) is 43.9 Å². The first-order chi connectivity index (χ1) is 13.7. The fourth-order valence-corrected chi connectivity index (χ4v) is 5.14. The predicted molar refractivity (Wildman–Crippen MR) is 118 cm³/mol. The van der Waals surface area contributed by atoms with Gasteiger partial charge in [-0.05, 0) is 58.1 Å². The summed E-state index contributed by atoms with van der Waals surface area (Å²) in [5.41, 5.74) is 2.53. The average Bonchev–Trinajstić information content (AvgIpc) is 2.97. The van der Waals surface area contributed by atoms with Crippen LogP contribution in [0.15, 0.2) is 23.0 Å². The van der Waals surface area contributed by atoms with E-state index in [1.165, 1.54) is 0 Å². The molecule has 0 radical (unpaired) electrons. The molecule has 0 bridgehead atoms. The third kappa shape index (κ3) is 3.28. The van der Waals surface area contributed by atoms with Crippen molar-refractivity contribution in [2.75, 3.05) is 24.6 Å². The van der Waals surface area contributed by atoms with Crippen molar-refractivity contribution in [1.29, 1.82) is 0 Å². The van der Waals surface area contributed by atoms with Gasteiger partial charge >= 0.3 is 0 Å². The first-order valence-electron chi connectivity index (χ1n) is 10.5. The van der Waals surface area contributed by atoms with Crippen LogP contribution in [-0.2, 0) is 4.74 Å². The summed E-state index contributed by atoms with van der Waals surface area (Å²) >= 11 is 6.50. The molecule has 29 heavy (non-hydrogen) atoms. The highest BCUT2D eigenvalue weighted by Gasteiger charge is 2.47. The van der Waals surface area contributed by atoms with Crippen molar-refractivity contribution in [3.63, 3.8) is 0 Å². The van der Waals surface area contributed by atoms with E-state index in [1.54, 1.807) is 4.57 Å². The van der Waals surface area contributed by atoms with Crippen LogP contribution < -0.4 is 10.5 Å². The van der Waals surface area contributed by atoms with E-state index in [-0.39, 0.29) is 11.0 Å². The summed E-state index contributed by atoms with van der Waals surface area (Å²) in [5.74, 6) is 2.04. The zero-order valence-electron chi connectivity index (χ0n) is 18.0. The Labute approximate surface area is 177 Å². The third-order valence-corrected chi connectivity index (χ3v) is 7.72. The van der Waals surface area contributed by atoms with Crippen molar-refractivity contribution < 1.29 is 4.74 Å². The Morgan fingerprint density at radius 3 is 2.48 bits per heavy atom. The van der Waals surface area contributed by atoms with Gasteiger partial charge in [-0.2, -0.15) is 0 Å². The fraction of sp³-hybridized carbons (Fsp3) is 0.565. The summed E-state index contributed by atoms with van der Waals surface area (Å²) in [5, 5.41) is 0.593. The lowest BCUT2D eigenvalue weighted by atomic mass is 9.70. The van der Waals surface area contributed by atoms with E-state index < -0.39 is 0 Å². The topological polar surface area (TPSA) is 47.4 Å². The summed E-state index contributed by atoms with van der Waals surface area (Å²) in [4.78, 5) is 20.4. The standard InChI is InChI=1S/C23H30ClN3O2/c1-14-7-6-8-19(20(14)24)27-18(5)25-21(15(2)22(27)28)26-11-9-23(10-12-26)13-29-17(4)16(23)3/h6-8,16-17H,9-13H2,1-5H3/t16-,17+/m1/s1. The molecule has 0 unspecified atom stereocenters. The van der Waals surface area contributed by atoms with E-state index in [2.05, 4.69) is 18.7 Å². The molecule has 1 aromatic heterocycles. The van der Waals surface area contributed by atoms with Gasteiger partial charge in [0, 0.05) is 18.5 Å². The van der Waals surface area contributed by atoms with E-state index in [4.69, 9.17) is 21.3 Å². The molecule has 2 atom stereocenters. The minimum atomic E-state index is -0.0496. The van der Waals surface area contributed by atoms with Crippen molar-refractivity contribution >= 4 is 17.4 Å². The lowest BCUT2D eigenvalue weighted by molar-refractivity contribution is 0.0969. The van der Waals surface area contributed by atoms with Crippen molar-refractivity contribution in [2.45, 2.75) is 53.6 Å². The maximum Gasteiger partial charge on any atom is 0.263 e. The fourth-order valence-electron chi connectivity index (χ4n) is 4.93. The number of hydrogen-bond donors (Lipinski definition) is 0. The normalized spacial score (nSPS) is 23.7. The van der Waals surface area contributed by atoms with Crippen LogP contribution >= 0.6 is 11.6 Å². The molecule has 2 fully saturated rings. The molecule has 5 nitrogen and oxygen atoms in total. The Bertz CT molecular complexity index is 992. The third-order valence-electron chi connectivity index (χ3n) is 7.23. The van der Waals surface area contributed by atoms with Gasteiger partial charge in [0.25, 0.3) is 5.56 Å². The summed E-state index contributed by atoms with van der Waals surface area (Å²) < 4.78 is 7.58. The lowest BCUT2D eigenvalue weighted by Gasteiger charge is -2.42. The smallest absolute Gasteiger partial charge is 0.263 e. The van der Waals surface area contributed by atoms with Crippen LogP contribution in [0.5, 0.6) is 0 Å². The molecule has 1 aromatic carbocycles. The molecule has 0 N–H and O–H groups in total. The van der Waals surface area contributed by atoms with Crippen LogP contribution in [0.2, 0.25) is 5.02 Å². The molecule has 2 saturated heterocycles. The predicted octanol–water partition coefficient (Wildman–Crippen LogP) is 4.45. The van der Waals surface area contributed by atoms with Crippen molar-refractivity contribution in [3.05, 3.63) is 50.5 Å². The van der Waals surface area contributed by atoms with Crippen LogP contribution in [0, 0.1) is 32.1 Å². The van der Waals surface area contributed by atoms with Gasteiger partial charge in [-0.3, -0.25) is 9.36 Å². The van der Waals surface area contributed by atoms with Gasteiger partial charge in [0.15, 0.2) is 0 Å². The maximum absolute atomic E-state index is 13.3. The number of rotatable bonds is 2. The second kappa shape index (κ2) is 7.44. The molecule has 0 amide bonds. The van der Waals surface area contributed by atoms with Gasteiger partial charge in [0.2, 0.25) is 0 Å². The summed E-state index contributed by atoms with van der Waals surface area (Å²) in [6, 6.07) is 5.73. The van der Waals surface area contributed by atoms with Crippen molar-refractivity contribution in [2.24, 2.45) is 11.3 Å². The molecule has 6 heteroatoms. The Morgan fingerprint density at radius 2 is 1.86 bits per heavy atom. The molecule has 0 saturated carbocycles. The Balaban J connectivity index is 1.66. The van der Waals surface area contributed by atoms with Crippen molar-refractivity contribution in [1.82, 2.24) is 9.55 Å². The monoisotopic (exact) mass is 415 g/mol. The zero-order chi connectivity index (χ0) is 20.9. The molecule has 2 aliphatic heterocycles. The number of benzene rings is 1. The maximum atomic E-state index is 13.3. The van der Waals surface area contributed by atoms with Crippen LogP contribution in [-0.4, -0.2) is 35.4 Å². The molecule has 3 heterocycles. The summed E-state index contributed by atoms with van der Waals surface area (Å²) in [6.45, 7) is 12.8. The first kappa shape index (κ1) is 20.4. The quantitative estimate of drug-likeness (QED) is 0.726. The first-order valence-corrected chi connectivity index (χ1v) is 10.9. The Hall–Kier alpha value is -1.85. The number of piperidine rings is 1. The van der Waals surface area contributed by atoms with Crippen LogP contribution in [0.3, 0.4) is 0 Å². The molecule has 156 valence electrons. The minimum absolute atomic E-state index is 0.0496. The Kier molecular flexibility index (Phi) is 5.24. The van der Waals surface area contributed by atoms with E-state index in [9.17, 15) is 4.79 Å². The van der Waals surface area contributed by atoms with Crippen LogP contribution in [0.25, 0.3) is 5.69 Å². The summed E-state index contributed by atoms with van der Waals surface area (Å²) in [7, 11) is 0. The number of aryl methyl sites for hydroxylation is 2. The number of aromatic nitrogens is 2. The van der Waals surface area contributed by atoms with Gasteiger partial charge in [-0.25, -0.2) is 4.98 Å². The van der Waals surface area contributed by atoms with E-state index >= 15 is 0 Å². The lowest BCUT2D eigenvalue weighted by Crippen LogP contribution is -2.45. The molecule has 2 aromatic rings. The highest BCUT2D eigenvalue weighted by molar-refractivity contribution is 6.33. The largest absolute Gasteiger partial charge is 0.378 e. The molecule has 1 spiro atoms. The zero-order valence-corrected chi connectivity index (χ0v) is 18.7. The molecule has 2 aliphatic rings. The number of anilines is 1. The van der Waals surface area contributed by atoms with Crippen LogP contribution in [0.1, 0.15) is 43.6 Å². The van der Waals surface area contributed by atoms with Crippen molar-refractivity contribution in [3.8, 4) is 5.69 Å². The summed E-state index contributed by atoms with van der Waals surface area (Å²) in [6.07, 6.45) is 2.48. The molecular weight excluding hydrogens is 386 g/mol. The minimum Gasteiger partial charge on any atom is -0.378 e. The molecular formula is C23H30ClN3O2. The van der Waals surface area contributed by atoms with Gasteiger partial charge in [0.05, 0.1) is 29.0 Å². The number of hydrogen-bond acceptors (Lipinski definition) is 4. The molecule has 0 aliphatic carbocycles. The Morgan fingerprint density at radius 1 is 1.17 bits per heavy atom. The van der Waals surface area contributed by atoms with E-state index in [0.29, 0.717) is 34.1 Å². The second-order valence-corrected chi connectivity index (χ2v) is 9.19. The highest BCUT2D eigenvalue weighted by Crippen LogP contribution is 2.46. The molecule has 4 rings (SSSR count). The average molecular weight is 416 g/mol. The van der Waals surface area contributed by atoms with Gasteiger partial charge < -0.3 is 9.64 Å². The number of halogens is 1. The number of ether oxygens (including phenoxy) is 1. The number of nitrogens with zero attached hydrogens (tertiary/aromatic N) is 3. The van der Waals surface area contributed by atoms with E-state index in [1.807, 2.05) is 39.0 Å². The van der Waals surface area contributed by atoms with Gasteiger partial charge in [-0.1, -0.05) is 30.7 Å². The highest BCUT2D eigenvalue weighted by atomic mass is 35.5. The SMILES string of the molecule is Cc1cccc(-n2c(C)nc(N3CCC4(CC3)CO[C@@H](C)[C@H]4C)c(C)c2=O)c1Cl. The van der Waals surface area contributed by atoms with Gasteiger partial charge in [-0.15, -0.1) is 0 Å². The second-order valence-electron chi connectivity index (χ2n) is 8.81.